The van der Waals surface area contributed by atoms with Crippen LogP contribution in [-0.4, -0.2) is 33.7 Å². The van der Waals surface area contributed by atoms with Crippen LogP contribution in [0.1, 0.15) is 49.6 Å². The topological polar surface area (TPSA) is 86.9 Å². The predicted octanol–water partition coefficient (Wildman–Crippen LogP) is 3.81. The van der Waals surface area contributed by atoms with Crippen LogP contribution in [0.15, 0.2) is 35.5 Å². The Morgan fingerprint density at radius 2 is 1.96 bits per heavy atom. The Labute approximate surface area is 170 Å². The second-order valence-corrected chi connectivity index (χ2v) is 8.42. The quantitative estimate of drug-likeness (QED) is 0.644. The number of imidazole rings is 1. The number of carbonyl (C=O) groups is 2. The van der Waals surface area contributed by atoms with Crippen molar-refractivity contribution < 1.29 is 9.59 Å². The fourth-order valence-corrected chi connectivity index (χ4v) is 4.27. The van der Waals surface area contributed by atoms with Crippen LogP contribution in [0, 0.1) is 12.8 Å². The molecule has 3 amide bonds. The van der Waals surface area contributed by atoms with Gasteiger partial charge in [-0.1, -0.05) is 61.9 Å². The summed E-state index contributed by atoms with van der Waals surface area (Å²) in [4.78, 5) is 32.0. The summed E-state index contributed by atoms with van der Waals surface area (Å²) in [7, 11) is 0. The fourth-order valence-electron chi connectivity index (χ4n) is 3.53. The Morgan fingerprint density at radius 3 is 2.71 bits per heavy atom. The van der Waals surface area contributed by atoms with Crippen molar-refractivity contribution in [2.24, 2.45) is 5.92 Å². The van der Waals surface area contributed by atoms with Crippen LogP contribution in [0.25, 0.3) is 0 Å². The van der Waals surface area contributed by atoms with Gasteiger partial charge in [-0.2, -0.15) is 0 Å². The lowest BCUT2D eigenvalue weighted by atomic mass is 9.86. The van der Waals surface area contributed by atoms with Gasteiger partial charge in [-0.3, -0.25) is 10.1 Å². The molecule has 1 fully saturated rings. The monoisotopic (exact) mass is 400 g/mol. The van der Waals surface area contributed by atoms with Crippen LogP contribution in [-0.2, 0) is 11.2 Å². The molecule has 150 valence electrons. The van der Waals surface area contributed by atoms with Gasteiger partial charge < -0.3 is 10.3 Å². The fraction of sp³-hybridized carbons (Fsp3) is 0.476. The van der Waals surface area contributed by atoms with E-state index in [2.05, 4.69) is 39.7 Å². The highest BCUT2D eigenvalue weighted by molar-refractivity contribution is 7.99. The number of hydrogen-bond acceptors (Lipinski definition) is 4. The van der Waals surface area contributed by atoms with Crippen molar-refractivity contribution in [3.05, 3.63) is 47.3 Å². The van der Waals surface area contributed by atoms with E-state index in [0.717, 1.165) is 37.1 Å². The molecule has 0 saturated heterocycles. The summed E-state index contributed by atoms with van der Waals surface area (Å²) in [6.45, 7) is 4.13. The number of aromatic nitrogens is 2. The molecule has 2 atom stereocenters. The van der Waals surface area contributed by atoms with Gasteiger partial charge >= 0.3 is 6.03 Å². The molecule has 3 N–H and O–H groups in total. The third-order valence-electron chi connectivity index (χ3n) is 5.20. The van der Waals surface area contributed by atoms with Gasteiger partial charge in [-0.25, -0.2) is 9.78 Å². The van der Waals surface area contributed by atoms with Gasteiger partial charge in [0.2, 0.25) is 5.91 Å². The van der Waals surface area contributed by atoms with Gasteiger partial charge in [0, 0.05) is 18.2 Å². The maximum atomic E-state index is 12.1. The van der Waals surface area contributed by atoms with E-state index in [0.29, 0.717) is 11.1 Å². The molecular formula is C21H28N4O2S. The zero-order valence-electron chi connectivity index (χ0n) is 16.5. The normalized spacial score (nSPS) is 19.2. The van der Waals surface area contributed by atoms with E-state index < -0.39 is 6.03 Å². The molecule has 1 aromatic carbocycles. The van der Waals surface area contributed by atoms with Gasteiger partial charge in [-0.15, -0.1) is 0 Å². The molecule has 6 nitrogen and oxygen atoms in total. The summed E-state index contributed by atoms with van der Waals surface area (Å²) in [6, 6.07) is 9.91. The Bertz CT molecular complexity index is 806. The van der Waals surface area contributed by atoms with Gasteiger partial charge in [0.05, 0.1) is 11.4 Å². The average Bonchev–Trinajstić information content (AvgIpc) is 3.02. The maximum Gasteiger partial charge on any atom is 0.321 e. The van der Waals surface area contributed by atoms with Crippen molar-refractivity contribution in [3.8, 4) is 0 Å². The highest BCUT2D eigenvalue weighted by Gasteiger charge is 2.23. The number of nitrogens with zero attached hydrogens (tertiary/aromatic N) is 1. The molecule has 0 radical (unpaired) electrons. The number of aryl methyl sites for hydroxylation is 1. The lowest BCUT2D eigenvalue weighted by Gasteiger charge is -2.29. The molecule has 0 spiro atoms. The molecule has 1 aromatic heterocycles. The van der Waals surface area contributed by atoms with Crippen LogP contribution < -0.4 is 10.6 Å². The smallest absolute Gasteiger partial charge is 0.321 e. The molecule has 7 heteroatoms. The lowest BCUT2D eigenvalue weighted by molar-refractivity contribution is -0.117. The van der Waals surface area contributed by atoms with Gasteiger partial charge in [-0.05, 0) is 31.2 Å². The summed E-state index contributed by atoms with van der Waals surface area (Å²) in [5.74, 6) is 0.286. The summed E-state index contributed by atoms with van der Waals surface area (Å²) >= 11 is 1.30. The minimum absolute atomic E-state index is 0.144. The molecule has 1 aliphatic rings. The second kappa shape index (κ2) is 9.78. The molecule has 1 saturated carbocycles. The molecule has 1 heterocycles. The van der Waals surface area contributed by atoms with Crippen LogP contribution in [0.4, 0.5) is 4.79 Å². The summed E-state index contributed by atoms with van der Waals surface area (Å²) in [5, 5.41) is 6.06. The Morgan fingerprint density at radius 1 is 1.21 bits per heavy atom. The number of nitrogens with one attached hydrogen (secondary N) is 3. The van der Waals surface area contributed by atoms with Crippen LogP contribution >= 0.6 is 11.8 Å². The molecule has 1 aliphatic carbocycles. The van der Waals surface area contributed by atoms with Crippen molar-refractivity contribution in [3.63, 3.8) is 0 Å². The first-order chi connectivity index (χ1) is 13.5. The number of amides is 3. The van der Waals surface area contributed by atoms with E-state index in [1.807, 2.05) is 25.1 Å². The first kappa shape index (κ1) is 20.5. The number of imide groups is 1. The maximum absolute atomic E-state index is 12.1. The van der Waals surface area contributed by atoms with E-state index in [4.69, 9.17) is 0 Å². The first-order valence-electron chi connectivity index (χ1n) is 9.84. The minimum atomic E-state index is -0.398. The molecule has 0 unspecified atom stereocenters. The Kier molecular flexibility index (Phi) is 7.14. The van der Waals surface area contributed by atoms with Crippen molar-refractivity contribution >= 4 is 23.7 Å². The van der Waals surface area contributed by atoms with E-state index in [1.165, 1.54) is 23.7 Å². The zero-order chi connectivity index (χ0) is 19.9. The summed E-state index contributed by atoms with van der Waals surface area (Å²) in [5.41, 5.74) is 3.16. The number of hydrogen-bond donors (Lipinski definition) is 3. The van der Waals surface area contributed by atoms with E-state index in [1.54, 1.807) is 0 Å². The highest BCUT2D eigenvalue weighted by atomic mass is 32.2. The average molecular weight is 401 g/mol. The van der Waals surface area contributed by atoms with E-state index >= 15 is 0 Å². The number of urea groups is 1. The van der Waals surface area contributed by atoms with Crippen LogP contribution in [0.2, 0.25) is 0 Å². The van der Waals surface area contributed by atoms with Gasteiger partial charge in [0.25, 0.3) is 0 Å². The van der Waals surface area contributed by atoms with Crippen LogP contribution in [0.3, 0.4) is 0 Å². The molecule has 0 aliphatic heterocycles. The van der Waals surface area contributed by atoms with Crippen molar-refractivity contribution in [1.82, 2.24) is 20.6 Å². The Hall–Kier alpha value is -2.28. The number of H-pyrrole nitrogens is 1. The molecule has 3 rings (SSSR count). The Balaban J connectivity index is 1.45. The van der Waals surface area contributed by atoms with Crippen molar-refractivity contribution in [2.45, 2.75) is 57.1 Å². The molecule has 28 heavy (non-hydrogen) atoms. The summed E-state index contributed by atoms with van der Waals surface area (Å²) < 4.78 is 0. The largest absolute Gasteiger partial charge is 0.337 e. The number of rotatable bonds is 6. The van der Waals surface area contributed by atoms with E-state index in [9.17, 15) is 9.59 Å². The molecule has 2 aromatic rings. The van der Waals surface area contributed by atoms with E-state index in [-0.39, 0.29) is 17.7 Å². The lowest BCUT2D eigenvalue weighted by Crippen LogP contribution is -2.48. The summed E-state index contributed by atoms with van der Waals surface area (Å²) in [6.07, 6.45) is 5.19. The first-order valence-corrected chi connectivity index (χ1v) is 10.8. The zero-order valence-corrected chi connectivity index (χ0v) is 17.3. The van der Waals surface area contributed by atoms with Crippen molar-refractivity contribution in [2.75, 3.05) is 5.75 Å². The number of benzene rings is 1. The highest BCUT2D eigenvalue weighted by Crippen LogP contribution is 2.23. The third kappa shape index (κ3) is 5.86. The number of thioether (sulfide) groups is 1. The molecule has 0 bridgehead atoms. The molecular weight excluding hydrogens is 372 g/mol. The third-order valence-corrected chi connectivity index (χ3v) is 6.07. The second-order valence-electron chi connectivity index (χ2n) is 7.45. The standard InChI is InChI=1S/C21H28N4O2S/c1-14-8-6-7-11-17(14)23-20(27)25-19(26)13-28-21-22-15(2)18(24-21)12-16-9-4-3-5-10-16/h3-5,9-10,14,17H,6-8,11-13H2,1-2H3,(H,22,24)(H2,23,25,26,27)/t14-,17-/m0/s1. The number of aromatic amines is 1. The van der Waals surface area contributed by atoms with Crippen molar-refractivity contribution in [1.29, 1.82) is 0 Å². The predicted molar refractivity (Wildman–Crippen MR) is 111 cm³/mol. The van der Waals surface area contributed by atoms with Gasteiger partial charge in [0.1, 0.15) is 0 Å². The number of carbonyl (C=O) groups excluding carboxylic acids is 2. The SMILES string of the molecule is Cc1[nH]c(SCC(=O)NC(=O)N[C@H]2CCCC[C@@H]2C)nc1Cc1ccccc1. The minimum Gasteiger partial charge on any atom is -0.337 e. The van der Waals surface area contributed by atoms with Crippen LogP contribution in [0.5, 0.6) is 0 Å². The van der Waals surface area contributed by atoms with Gasteiger partial charge in [0.15, 0.2) is 5.16 Å².